The Bertz CT molecular complexity index is 828. The molecule has 0 spiro atoms. The van der Waals surface area contributed by atoms with E-state index < -0.39 is 5.92 Å². The predicted octanol–water partition coefficient (Wildman–Crippen LogP) is 4.07. The van der Waals surface area contributed by atoms with Crippen molar-refractivity contribution in [3.05, 3.63) is 54.1 Å². The molecule has 5 nitrogen and oxygen atoms in total. The lowest BCUT2D eigenvalue weighted by atomic mass is 9.90. The number of carbonyl (C=O) groups excluding carboxylic acids is 2. The predicted molar refractivity (Wildman–Crippen MR) is 100 cm³/mol. The van der Waals surface area contributed by atoms with Gasteiger partial charge in [0.05, 0.1) is 12.0 Å². The number of hydrogen-bond donors (Lipinski definition) is 2. The maximum absolute atomic E-state index is 12.8. The third kappa shape index (κ3) is 3.57. The van der Waals surface area contributed by atoms with Crippen LogP contribution in [0.3, 0.4) is 0 Å². The van der Waals surface area contributed by atoms with Gasteiger partial charge in [0.2, 0.25) is 11.8 Å². The Balaban J connectivity index is 1.49. The Morgan fingerprint density at radius 1 is 1.08 bits per heavy atom. The number of nitrogens with one attached hydrogen (secondary N) is 2. The summed E-state index contributed by atoms with van der Waals surface area (Å²) in [5.41, 5.74) is 2.25. The van der Waals surface area contributed by atoms with Gasteiger partial charge in [-0.3, -0.25) is 9.59 Å². The fourth-order valence-corrected chi connectivity index (χ4v) is 3.72. The molecule has 0 aromatic heterocycles. The van der Waals surface area contributed by atoms with E-state index in [1.165, 1.54) is 12.8 Å². The van der Waals surface area contributed by atoms with E-state index in [0.717, 1.165) is 24.2 Å². The summed E-state index contributed by atoms with van der Waals surface area (Å²) in [5, 5.41) is 5.76. The number of carbonyl (C=O) groups is 2. The van der Waals surface area contributed by atoms with Gasteiger partial charge in [0.15, 0.2) is 0 Å². The van der Waals surface area contributed by atoms with Gasteiger partial charge < -0.3 is 15.4 Å². The van der Waals surface area contributed by atoms with Crippen molar-refractivity contribution in [1.82, 2.24) is 0 Å². The van der Waals surface area contributed by atoms with Gasteiger partial charge in [0.1, 0.15) is 5.75 Å². The van der Waals surface area contributed by atoms with Crippen LogP contribution in [-0.2, 0) is 9.59 Å². The highest BCUT2D eigenvalue weighted by molar-refractivity contribution is 6.05. The lowest BCUT2D eigenvalue weighted by molar-refractivity contribution is -0.123. The largest absolute Gasteiger partial charge is 0.490 e. The van der Waals surface area contributed by atoms with E-state index in [0.29, 0.717) is 11.4 Å². The molecule has 2 aromatic rings. The van der Waals surface area contributed by atoms with Crippen LogP contribution in [0.15, 0.2) is 48.5 Å². The normalized spacial score (nSPS) is 19.5. The standard InChI is InChI=1S/C21H22N2O3/c24-20-13-18(17-10-3-4-11-19(17)23-20)21(25)22-14-6-5-9-16(12-14)26-15-7-1-2-8-15/h3-6,9-12,15,18H,1-2,7-8,13H2,(H,22,25)(H,23,24)/t18-/m0/s1. The average molecular weight is 350 g/mol. The second-order valence-electron chi connectivity index (χ2n) is 6.93. The van der Waals surface area contributed by atoms with Crippen molar-refractivity contribution in [1.29, 1.82) is 0 Å². The summed E-state index contributed by atoms with van der Waals surface area (Å²) in [6, 6.07) is 14.9. The van der Waals surface area contributed by atoms with Crippen LogP contribution in [0.4, 0.5) is 11.4 Å². The van der Waals surface area contributed by atoms with Crippen molar-refractivity contribution in [2.45, 2.75) is 44.1 Å². The fourth-order valence-electron chi connectivity index (χ4n) is 3.72. The average Bonchev–Trinajstić information content (AvgIpc) is 3.14. The van der Waals surface area contributed by atoms with Gasteiger partial charge >= 0.3 is 0 Å². The highest BCUT2D eigenvalue weighted by Gasteiger charge is 2.30. The van der Waals surface area contributed by atoms with Crippen LogP contribution >= 0.6 is 0 Å². The van der Waals surface area contributed by atoms with Crippen LogP contribution in [0.25, 0.3) is 0 Å². The molecule has 1 heterocycles. The van der Waals surface area contributed by atoms with E-state index >= 15 is 0 Å². The maximum atomic E-state index is 12.8. The molecular weight excluding hydrogens is 328 g/mol. The molecule has 1 saturated carbocycles. The zero-order valence-electron chi connectivity index (χ0n) is 14.5. The summed E-state index contributed by atoms with van der Waals surface area (Å²) >= 11 is 0. The van der Waals surface area contributed by atoms with Crippen LogP contribution in [-0.4, -0.2) is 17.9 Å². The van der Waals surface area contributed by atoms with Gasteiger partial charge in [-0.2, -0.15) is 0 Å². The maximum Gasteiger partial charge on any atom is 0.232 e. The van der Waals surface area contributed by atoms with Crippen LogP contribution in [0.5, 0.6) is 5.75 Å². The Morgan fingerprint density at radius 3 is 2.73 bits per heavy atom. The number of amides is 2. The van der Waals surface area contributed by atoms with Gasteiger partial charge in [0.25, 0.3) is 0 Å². The first-order valence-corrected chi connectivity index (χ1v) is 9.15. The SMILES string of the molecule is O=C1C[C@H](C(=O)Nc2cccc(OC3CCCC3)c2)c2ccccc2N1. The molecular formula is C21H22N2O3. The molecule has 26 heavy (non-hydrogen) atoms. The molecule has 1 fully saturated rings. The van der Waals surface area contributed by atoms with E-state index in [2.05, 4.69) is 10.6 Å². The molecule has 134 valence electrons. The number of para-hydroxylation sites is 1. The molecule has 1 aliphatic heterocycles. The monoisotopic (exact) mass is 350 g/mol. The summed E-state index contributed by atoms with van der Waals surface area (Å²) in [7, 11) is 0. The van der Waals surface area contributed by atoms with Gasteiger partial charge in [-0.05, 0) is 49.4 Å². The van der Waals surface area contributed by atoms with Crippen molar-refractivity contribution in [3.8, 4) is 5.75 Å². The van der Waals surface area contributed by atoms with Crippen molar-refractivity contribution < 1.29 is 14.3 Å². The number of benzene rings is 2. The summed E-state index contributed by atoms with van der Waals surface area (Å²) < 4.78 is 6.00. The summed E-state index contributed by atoms with van der Waals surface area (Å²) in [6.07, 6.45) is 5.03. The quantitative estimate of drug-likeness (QED) is 0.873. The first kappa shape index (κ1) is 16.6. The molecule has 2 aromatic carbocycles. The molecule has 2 amide bonds. The highest BCUT2D eigenvalue weighted by atomic mass is 16.5. The van der Waals surface area contributed by atoms with Crippen molar-refractivity contribution >= 4 is 23.2 Å². The fraction of sp³-hybridized carbons (Fsp3) is 0.333. The van der Waals surface area contributed by atoms with Gasteiger partial charge in [-0.15, -0.1) is 0 Å². The van der Waals surface area contributed by atoms with Crippen LogP contribution < -0.4 is 15.4 Å². The van der Waals surface area contributed by atoms with Crippen LogP contribution in [0.1, 0.15) is 43.6 Å². The topological polar surface area (TPSA) is 67.4 Å². The molecule has 1 aliphatic carbocycles. The second kappa shape index (κ2) is 7.20. The minimum atomic E-state index is -0.487. The van der Waals surface area contributed by atoms with Gasteiger partial charge in [-0.25, -0.2) is 0 Å². The van der Waals surface area contributed by atoms with E-state index in [4.69, 9.17) is 4.74 Å². The lowest BCUT2D eigenvalue weighted by Crippen LogP contribution is -2.30. The smallest absolute Gasteiger partial charge is 0.232 e. The molecule has 5 heteroatoms. The van der Waals surface area contributed by atoms with Gasteiger partial charge in [-0.1, -0.05) is 24.3 Å². The molecule has 0 unspecified atom stereocenters. The number of fused-ring (bicyclic) bond motifs is 1. The Labute approximate surface area is 152 Å². The lowest BCUT2D eigenvalue weighted by Gasteiger charge is -2.24. The molecule has 4 rings (SSSR count). The Kier molecular flexibility index (Phi) is 4.61. The second-order valence-corrected chi connectivity index (χ2v) is 6.93. The Hall–Kier alpha value is -2.82. The zero-order valence-corrected chi connectivity index (χ0v) is 14.5. The Morgan fingerprint density at radius 2 is 1.88 bits per heavy atom. The third-order valence-electron chi connectivity index (χ3n) is 5.02. The van der Waals surface area contributed by atoms with E-state index in [-0.39, 0.29) is 24.3 Å². The minimum absolute atomic E-state index is 0.137. The van der Waals surface area contributed by atoms with Crippen molar-refractivity contribution in [2.75, 3.05) is 10.6 Å². The highest BCUT2D eigenvalue weighted by Crippen LogP contribution is 2.33. The molecule has 2 aliphatic rings. The first-order chi connectivity index (χ1) is 12.7. The van der Waals surface area contributed by atoms with Crippen molar-refractivity contribution in [3.63, 3.8) is 0 Å². The molecule has 0 saturated heterocycles. The number of anilines is 2. The molecule has 0 radical (unpaired) electrons. The van der Waals surface area contributed by atoms with E-state index in [9.17, 15) is 9.59 Å². The van der Waals surface area contributed by atoms with Crippen molar-refractivity contribution in [2.24, 2.45) is 0 Å². The zero-order chi connectivity index (χ0) is 17.9. The molecule has 1 atom stereocenters. The summed E-state index contributed by atoms with van der Waals surface area (Å²) in [6.45, 7) is 0. The third-order valence-corrected chi connectivity index (χ3v) is 5.02. The summed E-state index contributed by atoms with van der Waals surface area (Å²) in [4.78, 5) is 24.7. The molecule has 2 N–H and O–H groups in total. The van der Waals surface area contributed by atoms with Crippen LogP contribution in [0, 0.1) is 0 Å². The molecule has 0 bridgehead atoms. The number of hydrogen-bond acceptors (Lipinski definition) is 3. The number of ether oxygens (including phenoxy) is 1. The minimum Gasteiger partial charge on any atom is -0.490 e. The van der Waals surface area contributed by atoms with Gasteiger partial charge in [0, 0.05) is 23.9 Å². The van der Waals surface area contributed by atoms with E-state index in [1.807, 2.05) is 48.5 Å². The summed E-state index contributed by atoms with van der Waals surface area (Å²) in [5.74, 6) is -0.0247. The first-order valence-electron chi connectivity index (χ1n) is 9.15. The van der Waals surface area contributed by atoms with Crippen LogP contribution in [0.2, 0.25) is 0 Å². The number of rotatable bonds is 4. The van der Waals surface area contributed by atoms with E-state index in [1.54, 1.807) is 0 Å².